The second kappa shape index (κ2) is 2.97. The van der Waals surface area contributed by atoms with E-state index in [2.05, 4.69) is 15.9 Å². The van der Waals surface area contributed by atoms with Crippen molar-refractivity contribution in [2.45, 2.75) is 4.83 Å². The fraction of sp³-hybridized carbons (Fsp3) is 0.143. The molecule has 2 rings (SSSR count). The normalized spacial score (nSPS) is 16.9. The van der Waals surface area contributed by atoms with Crippen molar-refractivity contribution < 1.29 is 22.0 Å². The van der Waals surface area contributed by atoms with Crippen LogP contribution < -0.4 is 10.6 Å². The van der Waals surface area contributed by atoms with E-state index in [4.69, 9.17) is 0 Å². The van der Waals surface area contributed by atoms with Crippen molar-refractivity contribution in [1.29, 1.82) is 0 Å². The Labute approximate surface area is 88.6 Å². The molecule has 0 radical (unpaired) electrons. The number of benzene rings is 1. The predicted octanol–water partition coefficient (Wildman–Crippen LogP) is 3.06. The first-order valence-corrected chi connectivity index (χ1v) is 4.43. The maximum atomic E-state index is 13.1. The number of nitrogens with one attached hydrogen (secondary N) is 2. The monoisotopic (exact) mass is 288 g/mol. The lowest BCUT2D eigenvalue weighted by molar-refractivity contribution is 0.385. The maximum Gasteiger partial charge on any atom is 0.313 e. The lowest BCUT2D eigenvalue weighted by atomic mass is 10.2. The van der Waals surface area contributed by atoms with Gasteiger partial charge in [0.15, 0.2) is 23.3 Å². The van der Waals surface area contributed by atoms with Crippen LogP contribution in [-0.2, 0) is 0 Å². The smallest absolute Gasteiger partial charge is 0.313 e. The average molecular weight is 289 g/mol. The summed E-state index contributed by atoms with van der Waals surface area (Å²) in [5.74, 6) is -7.36. The second-order valence-corrected chi connectivity index (χ2v) is 3.92. The standard InChI is InChI=1S/C7H2BrF5N2/c8-7(13)14-5-3(11)1(9)2(10)4(12)6(5)15-7/h14-15H. The molecule has 0 amide bonds. The average Bonchev–Trinajstić information content (AvgIpc) is 2.48. The highest BCUT2D eigenvalue weighted by molar-refractivity contribution is 9.10. The Morgan fingerprint density at radius 2 is 1.13 bits per heavy atom. The number of anilines is 2. The molecular weight excluding hydrogens is 287 g/mol. The lowest BCUT2D eigenvalue weighted by Crippen LogP contribution is -2.28. The van der Waals surface area contributed by atoms with Gasteiger partial charge in [-0.3, -0.25) is 0 Å². The summed E-state index contributed by atoms with van der Waals surface area (Å²) in [5, 5.41) is 3.54. The SMILES string of the molecule is Fc1c(F)c(F)c2c(c1F)NC(F)(Br)N2. The third-order valence-electron chi connectivity index (χ3n) is 1.83. The summed E-state index contributed by atoms with van der Waals surface area (Å²) >= 11 is 2.37. The molecule has 0 aromatic heterocycles. The van der Waals surface area contributed by atoms with E-state index in [0.29, 0.717) is 0 Å². The zero-order valence-electron chi connectivity index (χ0n) is 6.77. The first-order chi connectivity index (χ1) is 6.83. The van der Waals surface area contributed by atoms with Crippen LogP contribution in [0.3, 0.4) is 0 Å². The van der Waals surface area contributed by atoms with E-state index in [1.807, 2.05) is 0 Å². The van der Waals surface area contributed by atoms with E-state index in [-0.39, 0.29) is 0 Å². The van der Waals surface area contributed by atoms with Gasteiger partial charge in [0, 0.05) is 15.9 Å². The minimum Gasteiger partial charge on any atom is -0.323 e. The summed E-state index contributed by atoms with van der Waals surface area (Å²) in [6.07, 6.45) is 0. The fourth-order valence-electron chi connectivity index (χ4n) is 1.21. The van der Waals surface area contributed by atoms with Crippen LogP contribution >= 0.6 is 15.9 Å². The van der Waals surface area contributed by atoms with Crippen molar-refractivity contribution in [1.82, 2.24) is 0 Å². The predicted molar refractivity (Wildman–Crippen MR) is 46.3 cm³/mol. The van der Waals surface area contributed by atoms with Gasteiger partial charge in [-0.15, -0.1) is 0 Å². The molecule has 0 atom stereocenters. The van der Waals surface area contributed by atoms with E-state index >= 15 is 0 Å². The minimum absolute atomic E-state index is 0.800. The van der Waals surface area contributed by atoms with Crippen LogP contribution in [0, 0.1) is 23.3 Å². The summed E-state index contributed by atoms with van der Waals surface area (Å²) in [5.41, 5.74) is -1.60. The zero-order chi connectivity index (χ0) is 11.4. The van der Waals surface area contributed by atoms with Gasteiger partial charge >= 0.3 is 4.83 Å². The van der Waals surface area contributed by atoms with E-state index in [1.54, 1.807) is 10.6 Å². The summed E-state index contributed by atoms with van der Waals surface area (Å²) in [7, 11) is 0. The topological polar surface area (TPSA) is 24.1 Å². The summed E-state index contributed by atoms with van der Waals surface area (Å²) < 4.78 is 64.6. The molecule has 0 aliphatic carbocycles. The molecule has 0 unspecified atom stereocenters. The Balaban J connectivity index is 2.69. The number of hydrogen-bond acceptors (Lipinski definition) is 2. The van der Waals surface area contributed by atoms with Crippen molar-refractivity contribution >= 4 is 27.3 Å². The summed E-state index contributed by atoms with van der Waals surface area (Å²) in [6, 6.07) is 0. The van der Waals surface area contributed by atoms with Gasteiger partial charge in [0.05, 0.1) is 0 Å². The molecule has 0 saturated carbocycles. The molecule has 15 heavy (non-hydrogen) atoms. The Hall–Kier alpha value is -1.05. The molecule has 1 aliphatic rings. The summed E-state index contributed by atoms with van der Waals surface area (Å²) in [6.45, 7) is 0. The minimum atomic E-state index is -2.53. The zero-order valence-corrected chi connectivity index (χ0v) is 8.35. The third kappa shape index (κ3) is 1.43. The number of fused-ring (bicyclic) bond motifs is 1. The Morgan fingerprint density at radius 1 is 0.800 bits per heavy atom. The van der Waals surface area contributed by atoms with E-state index in [1.165, 1.54) is 0 Å². The van der Waals surface area contributed by atoms with Crippen LogP contribution in [0.15, 0.2) is 0 Å². The number of halogens is 6. The molecule has 1 aliphatic heterocycles. The van der Waals surface area contributed by atoms with Crippen LogP contribution in [-0.4, -0.2) is 4.83 Å². The van der Waals surface area contributed by atoms with E-state index < -0.39 is 39.5 Å². The first-order valence-electron chi connectivity index (χ1n) is 3.63. The number of hydrogen-bond donors (Lipinski definition) is 2. The van der Waals surface area contributed by atoms with Crippen LogP contribution in [0.2, 0.25) is 0 Å². The number of rotatable bonds is 0. The highest BCUT2D eigenvalue weighted by Crippen LogP contribution is 2.43. The van der Waals surface area contributed by atoms with Gasteiger partial charge < -0.3 is 10.6 Å². The van der Waals surface area contributed by atoms with Crippen LogP contribution in [0.25, 0.3) is 0 Å². The largest absolute Gasteiger partial charge is 0.323 e. The molecular formula is C7H2BrF5N2. The molecule has 0 fully saturated rings. The molecule has 2 N–H and O–H groups in total. The molecule has 8 heteroatoms. The molecule has 82 valence electrons. The Kier molecular flexibility index (Phi) is 2.07. The van der Waals surface area contributed by atoms with Crippen LogP contribution in [0.1, 0.15) is 0 Å². The fourth-order valence-corrected chi connectivity index (χ4v) is 1.61. The van der Waals surface area contributed by atoms with Crippen LogP contribution in [0.5, 0.6) is 0 Å². The molecule has 0 spiro atoms. The quantitative estimate of drug-likeness (QED) is 0.252. The van der Waals surface area contributed by atoms with Gasteiger partial charge in [-0.25, -0.2) is 17.6 Å². The van der Waals surface area contributed by atoms with Gasteiger partial charge in [-0.1, -0.05) is 0 Å². The third-order valence-corrected chi connectivity index (χ3v) is 2.23. The Bertz CT molecular complexity index is 409. The van der Waals surface area contributed by atoms with Gasteiger partial charge in [0.1, 0.15) is 11.4 Å². The second-order valence-electron chi connectivity index (χ2n) is 2.83. The maximum absolute atomic E-state index is 13.1. The molecule has 1 aromatic rings. The molecule has 0 bridgehead atoms. The van der Waals surface area contributed by atoms with Gasteiger partial charge in [0.25, 0.3) is 0 Å². The van der Waals surface area contributed by atoms with E-state index in [0.717, 1.165) is 0 Å². The van der Waals surface area contributed by atoms with Gasteiger partial charge in [-0.05, 0) is 0 Å². The van der Waals surface area contributed by atoms with E-state index in [9.17, 15) is 22.0 Å². The van der Waals surface area contributed by atoms with Crippen molar-refractivity contribution in [3.05, 3.63) is 23.3 Å². The van der Waals surface area contributed by atoms with Crippen molar-refractivity contribution in [2.75, 3.05) is 10.6 Å². The highest BCUT2D eigenvalue weighted by atomic mass is 79.9. The van der Waals surface area contributed by atoms with Gasteiger partial charge in [0.2, 0.25) is 0 Å². The van der Waals surface area contributed by atoms with Gasteiger partial charge in [-0.2, -0.15) is 4.39 Å². The van der Waals surface area contributed by atoms with Crippen LogP contribution in [0.4, 0.5) is 33.3 Å². The van der Waals surface area contributed by atoms with Crippen molar-refractivity contribution in [3.8, 4) is 0 Å². The summed E-state index contributed by atoms with van der Waals surface area (Å²) in [4.78, 5) is -2.53. The molecule has 0 saturated heterocycles. The molecule has 1 heterocycles. The first kappa shape index (κ1) is 10.5. The number of alkyl halides is 2. The molecule has 1 aromatic carbocycles. The van der Waals surface area contributed by atoms with Crippen molar-refractivity contribution in [3.63, 3.8) is 0 Å². The lowest BCUT2D eigenvalue weighted by Gasteiger charge is -2.11. The highest BCUT2D eigenvalue weighted by Gasteiger charge is 2.40. The van der Waals surface area contributed by atoms with Crippen molar-refractivity contribution in [2.24, 2.45) is 0 Å². The molecule has 2 nitrogen and oxygen atoms in total. The Morgan fingerprint density at radius 3 is 1.47 bits per heavy atom.